The van der Waals surface area contributed by atoms with Gasteiger partial charge < -0.3 is 20.1 Å². The van der Waals surface area contributed by atoms with Crippen molar-refractivity contribution in [3.05, 3.63) is 36.4 Å². The molecule has 2 aromatic rings. The molecule has 2 rings (SSSR count). The molecule has 0 saturated heterocycles. The molecule has 0 aromatic heterocycles. The summed E-state index contributed by atoms with van der Waals surface area (Å²) in [6.07, 6.45) is 0. The second-order valence-electron chi connectivity index (χ2n) is 5.08. The van der Waals surface area contributed by atoms with Gasteiger partial charge in [-0.1, -0.05) is 30.3 Å². The number of fused-ring (bicyclic) bond motifs is 1. The van der Waals surface area contributed by atoms with Crippen molar-refractivity contribution in [2.24, 2.45) is 0 Å². The lowest BCUT2D eigenvalue weighted by molar-refractivity contribution is -0.141. The number of amides is 1. The number of rotatable bonds is 6. The van der Waals surface area contributed by atoms with Crippen molar-refractivity contribution in [1.82, 2.24) is 0 Å². The minimum Gasteiger partial charge on any atom is -0.467 e. The second-order valence-corrected chi connectivity index (χ2v) is 5.08. The Morgan fingerprint density at radius 1 is 1.13 bits per heavy atom. The Morgan fingerprint density at radius 3 is 2.57 bits per heavy atom. The van der Waals surface area contributed by atoms with Gasteiger partial charge in [0.15, 0.2) is 0 Å². The average Bonchev–Trinajstić information content (AvgIpc) is 2.56. The van der Waals surface area contributed by atoms with Crippen LogP contribution in [0.2, 0.25) is 0 Å². The zero-order valence-corrected chi connectivity index (χ0v) is 13.4. The zero-order valence-electron chi connectivity index (χ0n) is 13.4. The highest BCUT2D eigenvalue weighted by atomic mass is 16.5. The van der Waals surface area contributed by atoms with E-state index in [1.807, 2.05) is 36.4 Å². The molecule has 6 nitrogen and oxygen atoms in total. The van der Waals surface area contributed by atoms with Gasteiger partial charge in [-0.2, -0.15) is 0 Å². The van der Waals surface area contributed by atoms with Gasteiger partial charge in [0, 0.05) is 12.5 Å². The Balaban J connectivity index is 2.42. The molecule has 0 aliphatic heterocycles. The number of anilines is 2. The van der Waals surface area contributed by atoms with Crippen molar-refractivity contribution in [3.8, 4) is 0 Å². The van der Waals surface area contributed by atoms with Crippen LogP contribution in [-0.4, -0.2) is 38.7 Å². The fraction of sp³-hybridized carbons (Fsp3) is 0.294. The van der Waals surface area contributed by atoms with Crippen LogP contribution in [-0.2, 0) is 19.1 Å². The molecular weight excluding hydrogens is 296 g/mol. The standard InChI is InChI=1S/C17H20N2O4/c1-11(17(21)23-3)18-14-9-8-12-6-4-5-7-13(12)16(14)19-15(20)10-22-2/h4-9,11,18H,10H2,1-3H3,(H,19,20). The number of ether oxygens (including phenoxy) is 2. The highest BCUT2D eigenvalue weighted by Gasteiger charge is 2.17. The highest BCUT2D eigenvalue weighted by Crippen LogP contribution is 2.32. The van der Waals surface area contributed by atoms with Gasteiger partial charge in [0.1, 0.15) is 12.6 Å². The van der Waals surface area contributed by atoms with Crippen LogP contribution in [0.15, 0.2) is 36.4 Å². The first-order valence-electron chi connectivity index (χ1n) is 7.21. The summed E-state index contributed by atoms with van der Waals surface area (Å²) < 4.78 is 9.58. The molecule has 0 heterocycles. The fourth-order valence-corrected chi connectivity index (χ4v) is 2.30. The lowest BCUT2D eigenvalue weighted by Gasteiger charge is -2.18. The molecule has 122 valence electrons. The van der Waals surface area contributed by atoms with Crippen molar-refractivity contribution < 1.29 is 19.1 Å². The molecule has 1 unspecified atom stereocenters. The summed E-state index contributed by atoms with van der Waals surface area (Å²) in [5.41, 5.74) is 1.26. The number of carbonyl (C=O) groups excluding carboxylic acids is 2. The van der Waals surface area contributed by atoms with Crippen molar-refractivity contribution in [2.75, 3.05) is 31.5 Å². The van der Waals surface area contributed by atoms with E-state index >= 15 is 0 Å². The summed E-state index contributed by atoms with van der Waals surface area (Å²) in [5.74, 6) is -0.648. The van der Waals surface area contributed by atoms with E-state index in [0.29, 0.717) is 11.4 Å². The summed E-state index contributed by atoms with van der Waals surface area (Å²) in [6.45, 7) is 1.65. The topological polar surface area (TPSA) is 76.7 Å². The van der Waals surface area contributed by atoms with E-state index in [2.05, 4.69) is 10.6 Å². The van der Waals surface area contributed by atoms with Crippen LogP contribution in [0.5, 0.6) is 0 Å². The average molecular weight is 316 g/mol. The number of nitrogens with one attached hydrogen (secondary N) is 2. The Kier molecular flexibility index (Phi) is 5.54. The normalized spacial score (nSPS) is 11.8. The quantitative estimate of drug-likeness (QED) is 0.800. The summed E-state index contributed by atoms with van der Waals surface area (Å²) in [4.78, 5) is 23.6. The predicted octanol–water partition coefficient (Wildman–Crippen LogP) is 2.40. The summed E-state index contributed by atoms with van der Waals surface area (Å²) in [7, 11) is 2.79. The minimum atomic E-state index is -0.542. The molecule has 0 radical (unpaired) electrons. The lowest BCUT2D eigenvalue weighted by atomic mass is 10.1. The fourth-order valence-electron chi connectivity index (χ4n) is 2.30. The Morgan fingerprint density at radius 2 is 1.87 bits per heavy atom. The first kappa shape index (κ1) is 16.8. The third-order valence-corrected chi connectivity index (χ3v) is 3.40. The van der Waals surface area contributed by atoms with Gasteiger partial charge in [-0.05, 0) is 18.4 Å². The van der Waals surface area contributed by atoms with Gasteiger partial charge in [-0.15, -0.1) is 0 Å². The van der Waals surface area contributed by atoms with Crippen molar-refractivity contribution >= 4 is 34.0 Å². The number of methoxy groups -OCH3 is 2. The third kappa shape index (κ3) is 3.98. The van der Waals surface area contributed by atoms with E-state index in [1.165, 1.54) is 14.2 Å². The van der Waals surface area contributed by atoms with Crippen LogP contribution in [0.1, 0.15) is 6.92 Å². The first-order chi connectivity index (χ1) is 11.1. The van der Waals surface area contributed by atoms with E-state index in [0.717, 1.165) is 10.8 Å². The van der Waals surface area contributed by atoms with Crippen LogP contribution >= 0.6 is 0 Å². The summed E-state index contributed by atoms with van der Waals surface area (Å²) in [5, 5.41) is 7.77. The summed E-state index contributed by atoms with van der Waals surface area (Å²) >= 11 is 0. The highest BCUT2D eigenvalue weighted by molar-refractivity contribution is 6.07. The molecule has 6 heteroatoms. The van der Waals surface area contributed by atoms with Gasteiger partial charge in [0.25, 0.3) is 0 Å². The van der Waals surface area contributed by atoms with E-state index in [1.54, 1.807) is 6.92 Å². The van der Waals surface area contributed by atoms with Gasteiger partial charge >= 0.3 is 5.97 Å². The van der Waals surface area contributed by atoms with Crippen LogP contribution < -0.4 is 10.6 Å². The molecule has 0 bridgehead atoms. The number of hydrogen-bond donors (Lipinski definition) is 2. The third-order valence-electron chi connectivity index (χ3n) is 3.40. The molecule has 2 N–H and O–H groups in total. The molecule has 0 aliphatic rings. The Labute approximate surface area is 134 Å². The Bertz CT molecular complexity index is 715. The zero-order chi connectivity index (χ0) is 16.8. The molecule has 23 heavy (non-hydrogen) atoms. The predicted molar refractivity (Wildman–Crippen MR) is 89.6 cm³/mol. The number of benzene rings is 2. The van der Waals surface area contributed by atoms with Crippen molar-refractivity contribution in [1.29, 1.82) is 0 Å². The van der Waals surface area contributed by atoms with Gasteiger partial charge in [0.05, 0.1) is 18.5 Å². The molecule has 0 saturated carbocycles. The molecule has 2 aromatic carbocycles. The van der Waals surface area contributed by atoms with E-state index in [9.17, 15) is 9.59 Å². The smallest absolute Gasteiger partial charge is 0.327 e. The lowest BCUT2D eigenvalue weighted by Crippen LogP contribution is -2.28. The van der Waals surface area contributed by atoms with Gasteiger partial charge in [-0.3, -0.25) is 4.79 Å². The minimum absolute atomic E-state index is 0.0464. The Hall–Kier alpha value is -2.60. The van der Waals surface area contributed by atoms with E-state index < -0.39 is 6.04 Å². The molecule has 1 atom stereocenters. The van der Waals surface area contributed by atoms with Crippen LogP contribution in [0, 0.1) is 0 Å². The van der Waals surface area contributed by atoms with Crippen LogP contribution in [0.4, 0.5) is 11.4 Å². The molecule has 0 fully saturated rings. The molecule has 0 spiro atoms. The monoisotopic (exact) mass is 316 g/mol. The van der Waals surface area contributed by atoms with Gasteiger partial charge in [-0.25, -0.2) is 4.79 Å². The first-order valence-corrected chi connectivity index (χ1v) is 7.21. The van der Waals surface area contributed by atoms with Gasteiger partial charge in [0.2, 0.25) is 5.91 Å². The maximum Gasteiger partial charge on any atom is 0.327 e. The SMILES string of the molecule is COCC(=O)Nc1c(NC(C)C(=O)OC)ccc2ccccc12. The summed E-state index contributed by atoms with van der Waals surface area (Å²) in [6, 6.07) is 10.9. The number of hydrogen-bond acceptors (Lipinski definition) is 5. The second kappa shape index (κ2) is 7.60. The molecular formula is C17H20N2O4. The molecule has 1 amide bonds. The number of carbonyl (C=O) groups is 2. The van der Waals surface area contributed by atoms with Crippen LogP contribution in [0.3, 0.4) is 0 Å². The maximum absolute atomic E-state index is 11.9. The molecule has 0 aliphatic carbocycles. The number of esters is 1. The maximum atomic E-state index is 11.9. The van der Waals surface area contributed by atoms with Crippen molar-refractivity contribution in [3.63, 3.8) is 0 Å². The van der Waals surface area contributed by atoms with Crippen LogP contribution in [0.25, 0.3) is 10.8 Å². The largest absolute Gasteiger partial charge is 0.467 e. The van der Waals surface area contributed by atoms with E-state index in [-0.39, 0.29) is 18.5 Å². The van der Waals surface area contributed by atoms with Crippen molar-refractivity contribution in [2.45, 2.75) is 13.0 Å². The van der Waals surface area contributed by atoms with E-state index in [4.69, 9.17) is 9.47 Å².